The van der Waals surface area contributed by atoms with Crippen LogP contribution >= 0.6 is 0 Å². The van der Waals surface area contributed by atoms with E-state index in [4.69, 9.17) is 4.98 Å². The molecule has 1 aliphatic heterocycles. The average molecular weight is 473 g/mol. The smallest absolute Gasteiger partial charge is 0.317 e. The first kappa shape index (κ1) is 23.0. The number of halogens is 1. The Morgan fingerprint density at radius 2 is 1.80 bits per heavy atom. The van der Waals surface area contributed by atoms with Crippen LogP contribution < -0.4 is 5.32 Å². The third kappa shape index (κ3) is 5.17. The van der Waals surface area contributed by atoms with Crippen molar-refractivity contribution in [3.63, 3.8) is 0 Å². The number of amides is 2. The number of piperazine rings is 1. The van der Waals surface area contributed by atoms with Crippen LogP contribution in [0, 0.1) is 5.82 Å². The standard InChI is InChI=1S/C27H29FN6O/c1-2-20-8-10-23(11-9-20)34-25(31-24-7-4-12-29-26(24)34)19-32-13-15-33(16-14-32)27(35)30-18-21-5-3-6-22(28)17-21/h3-12,17H,2,13-16,18-19H2,1H3,(H,30,35). The van der Waals surface area contributed by atoms with Crippen molar-refractivity contribution in [2.24, 2.45) is 0 Å². The maximum Gasteiger partial charge on any atom is 0.317 e. The quantitative estimate of drug-likeness (QED) is 0.458. The van der Waals surface area contributed by atoms with Gasteiger partial charge in [-0.2, -0.15) is 0 Å². The summed E-state index contributed by atoms with van der Waals surface area (Å²) in [5.74, 6) is 0.639. The molecule has 1 fully saturated rings. The highest BCUT2D eigenvalue weighted by atomic mass is 19.1. The molecule has 2 amide bonds. The number of hydrogen-bond acceptors (Lipinski definition) is 4. The summed E-state index contributed by atoms with van der Waals surface area (Å²) >= 11 is 0. The highest BCUT2D eigenvalue weighted by molar-refractivity contribution is 5.74. The molecule has 3 heterocycles. The number of imidazole rings is 1. The van der Waals surface area contributed by atoms with Gasteiger partial charge in [-0.3, -0.25) is 9.47 Å². The summed E-state index contributed by atoms with van der Waals surface area (Å²) in [6.07, 6.45) is 2.79. The van der Waals surface area contributed by atoms with Crippen molar-refractivity contribution in [2.45, 2.75) is 26.4 Å². The molecule has 0 unspecified atom stereocenters. The fourth-order valence-electron chi connectivity index (χ4n) is 4.46. The highest BCUT2D eigenvalue weighted by Crippen LogP contribution is 2.22. The first-order chi connectivity index (χ1) is 17.1. The van der Waals surface area contributed by atoms with E-state index in [0.717, 1.165) is 47.7 Å². The Bertz CT molecular complexity index is 1310. The van der Waals surface area contributed by atoms with E-state index in [-0.39, 0.29) is 11.8 Å². The fraction of sp³-hybridized carbons (Fsp3) is 0.296. The molecule has 0 atom stereocenters. The third-order valence-electron chi connectivity index (χ3n) is 6.45. The van der Waals surface area contributed by atoms with E-state index in [1.54, 1.807) is 18.3 Å². The van der Waals surface area contributed by atoms with Gasteiger partial charge in [0, 0.05) is 44.6 Å². The van der Waals surface area contributed by atoms with Crippen molar-refractivity contribution < 1.29 is 9.18 Å². The van der Waals surface area contributed by atoms with Gasteiger partial charge in [-0.05, 0) is 53.9 Å². The van der Waals surface area contributed by atoms with Gasteiger partial charge in [-0.25, -0.2) is 19.2 Å². The lowest BCUT2D eigenvalue weighted by molar-refractivity contribution is 0.133. The Morgan fingerprint density at radius 3 is 2.54 bits per heavy atom. The normalized spacial score (nSPS) is 14.4. The number of fused-ring (bicyclic) bond motifs is 1. The number of aryl methyl sites for hydroxylation is 1. The molecule has 0 saturated carbocycles. The maximum atomic E-state index is 13.4. The topological polar surface area (TPSA) is 66.3 Å². The van der Waals surface area contributed by atoms with E-state index in [2.05, 4.69) is 51.0 Å². The van der Waals surface area contributed by atoms with E-state index in [1.807, 2.05) is 17.0 Å². The molecule has 0 spiro atoms. The number of nitrogens with zero attached hydrogens (tertiary/aromatic N) is 5. The number of carbonyl (C=O) groups excluding carboxylic acids is 1. The fourth-order valence-corrected chi connectivity index (χ4v) is 4.46. The van der Waals surface area contributed by atoms with Crippen LogP contribution in [0.15, 0.2) is 66.9 Å². The largest absolute Gasteiger partial charge is 0.334 e. The van der Waals surface area contributed by atoms with Crippen LogP contribution in [-0.2, 0) is 19.5 Å². The van der Waals surface area contributed by atoms with Gasteiger partial charge < -0.3 is 10.2 Å². The van der Waals surface area contributed by atoms with Crippen molar-refractivity contribution in [3.8, 4) is 5.69 Å². The molecule has 0 aliphatic carbocycles. The summed E-state index contributed by atoms with van der Waals surface area (Å²) in [5, 5.41) is 2.90. The molecular weight excluding hydrogens is 443 g/mol. The molecule has 2 aromatic heterocycles. The first-order valence-corrected chi connectivity index (χ1v) is 12.0. The summed E-state index contributed by atoms with van der Waals surface area (Å²) in [7, 11) is 0. The molecule has 2 aromatic carbocycles. The Kier molecular flexibility index (Phi) is 6.72. The van der Waals surface area contributed by atoms with E-state index in [1.165, 1.54) is 17.7 Å². The van der Waals surface area contributed by atoms with Crippen LogP contribution in [0.3, 0.4) is 0 Å². The van der Waals surface area contributed by atoms with Gasteiger partial charge in [0.1, 0.15) is 17.2 Å². The van der Waals surface area contributed by atoms with Crippen LogP contribution in [-0.4, -0.2) is 56.5 Å². The number of nitrogens with one attached hydrogen (secondary N) is 1. The molecule has 0 bridgehead atoms. The Labute approximate surface area is 204 Å². The lowest BCUT2D eigenvalue weighted by Gasteiger charge is -2.34. The third-order valence-corrected chi connectivity index (χ3v) is 6.45. The number of pyridine rings is 1. The molecule has 5 rings (SSSR count). The predicted octanol–water partition coefficient (Wildman–Crippen LogP) is 4.15. The molecule has 1 aliphatic rings. The molecule has 8 heteroatoms. The van der Waals surface area contributed by atoms with Crippen molar-refractivity contribution in [3.05, 3.63) is 89.6 Å². The molecule has 4 aromatic rings. The molecule has 1 saturated heterocycles. The van der Waals surface area contributed by atoms with Crippen LogP contribution in [0.1, 0.15) is 23.9 Å². The minimum atomic E-state index is -0.298. The highest BCUT2D eigenvalue weighted by Gasteiger charge is 2.23. The van der Waals surface area contributed by atoms with Gasteiger partial charge in [0.05, 0.1) is 6.54 Å². The summed E-state index contributed by atoms with van der Waals surface area (Å²) < 4.78 is 15.5. The second-order valence-corrected chi connectivity index (χ2v) is 8.78. The van der Waals surface area contributed by atoms with Gasteiger partial charge in [0.25, 0.3) is 0 Å². The van der Waals surface area contributed by atoms with E-state index >= 15 is 0 Å². The first-order valence-electron chi connectivity index (χ1n) is 12.0. The number of urea groups is 1. The van der Waals surface area contributed by atoms with Crippen LogP contribution in [0.2, 0.25) is 0 Å². The zero-order valence-corrected chi connectivity index (χ0v) is 19.8. The number of hydrogen-bond donors (Lipinski definition) is 1. The minimum Gasteiger partial charge on any atom is -0.334 e. The second kappa shape index (κ2) is 10.2. The summed E-state index contributed by atoms with van der Waals surface area (Å²) in [5.41, 5.74) is 4.81. The lowest BCUT2D eigenvalue weighted by Crippen LogP contribution is -2.51. The molecule has 180 valence electrons. The van der Waals surface area contributed by atoms with Crippen LogP contribution in [0.5, 0.6) is 0 Å². The molecule has 0 radical (unpaired) electrons. The summed E-state index contributed by atoms with van der Waals surface area (Å²) in [6.45, 7) is 5.88. The van der Waals surface area contributed by atoms with Gasteiger partial charge in [-0.15, -0.1) is 0 Å². The van der Waals surface area contributed by atoms with Gasteiger partial charge in [0.2, 0.25) is 0 Å². The number of carbonyl (C=O) groups is 1. The molecular formula is C27H29FN6O. The molecule has 35 heavy (non-hydrogen) atoms. The van der Waals surface area contributed by atoms with E-state index in [9.17, 15) is 9.18 Å². The summed E-state index contributed by atoms with van der Waals surface area (Å²) in [6, 6.07) is 18.6. The van der Waals surface area contributed by atoms with E-state index < -0.39 is 0 Å². The minimum absolute atomic E-state index is 0.124. The predicted molar refractivity (Wildman–Crippen MR) is 134 cm³/mol. The van der Waals surface area contributed by atoms with Crippen LogP contribution in [0.25, 0.3) is 16.9 Å². The van der Waals surface area contributed by atoms with Crippen LogP contribution in [0.4, 0.5) is 9.18 Å². The summed E-state index contributed by atoms with van der Waals surface area (Å²) in [4.78, 5) is 26.2. The maximum absolute atomic E-state index is 13.4. The Hall–Kier alpha value is -3.78. The number of rotatable bonds is 6. The van der Waals surface area contributed by atoms with E-state index in [0.29, 0.717) is 26.2 Å². The Morgan fingerprint density at radius 1 is 1.00 bits per heavy atom. The zero-order valence-electron chi connectivity index (χ0n) is 19.8. The van der Waals surface area contributed by atoms with Gasteiger partial charge in [0.15, 0.2) is 5.65 Å². The van der Waals surface area contributed by atoms with Crippen molar-refractivity contribution in [2.75, 3.05) is 26.2 Å². The van der Waals surface area contributed by atoms with Gasteiger partial charge >= 0.3 is 6.03 Å². The van der Waals surface area contributed by atoms with Gasteiger partial charge in [-0.1, -0.05) is 31.2 Å². The van der Waals surface area contributed by atoms with Crippen molar-refractivity contribution >= 4 is 17.2 Å². The number of aromatic nitrogens is 3. The number of benzene rings is 2. The lowest BCUT2D eigenvalue weighted by atomic mass is 10.1. The van der Waals surface area contributed by atoms with Crippen molar-refractivity contribution in [1.82, 2.24) is 29.7 Å². The average Bonchev–Trinajstić information content (AvgIpc) is 3.25. The zero-order chi connectivity index (χ0) is 24.2. The monoisotopic (exact) mass is 472 g/mol. The van der Waals surface area contributed by atoms with Crippen molar-refractivity contribution in [1.29, 1.82) is 0 Å². The second-order valence-electron chi connectivity index (χ2n) is 8.78. The molecule has 1 N–H and O–H groups in total. The SMILES string of the molecule is CCc1ccc(-n2c(CN3CCN(C(=O)NCc4cccc(F)c4)CC3)nc3cccnc32)cc1. The Balaban J connectivity index is 1.24. The molecule has 7 nitrogen and oxygen atoms in total.